The molecule has 3 rings (SSSR count). The van der Waals surface area contributed by atoms with E-state index < -0.39 is 4.92 Å². The molecule has 27 heavy (non-hydrogen) atoms. The highest BCUT2D eigenvalue weighted by Crippen LogP contribution is 2.35. The van der Waals surface area contributed by atoms with Crippen LogP contribution in [0.5, 0.6) is 0 Å². The Kier molecular flexibility index (Phi) is 6.47. The van der Waals surface area contributed by atoms with Crippen LogP contribution >= 0.6 is 11.8 Å². The van der Waals surface area contributed by atoms with Crippen molar-refractivity contribution in [3.8, 4) is 0 Å². The average molecular weight is 385 g/mol. The summed E-state index contributed by atoms with van der Waals surface area (Å²) < 4.78 is 0. The SMILES string of the molecule is CCN1CCCC1CNC(=O)c1ccc(Sc2ccccc2)c([N+](=O)[O-])c1. The second kappa shape index (κ2) is 9.01. The van der Waals surface area contributed by atoms with Gasteiger partial charge in [-0.1, -0.05) is 36.9 Å². The summed E-state index contributed by atoms with van der Waals surface area (Å²) in [7, 11) is 0. The maximum atomic E-state index is 12.5. The van der Waals surface area contributed by atoms with Crippen molar-refractivity contribution in [1.29, 1.82) is 0 Å². The van der Waals surface area contributed by atoms with Gasteiger partial charge in [0, 0.05) is 29.1 Å². The lowest BCUT2D eigenvalue weighted by Gasteiger charge is -2.22. The van der Waals surface area contributed by atoms with Crippen LogP contribution in [0.3, 0.4) is 0 Å². The maximum absolute atomic E-state index is 12.5. The summed E-state index contributed by atoms with van der Waals surface area (Å²) in [4.78, 5) is 27.3. The molecule has 1 atom stereocenters. The minimum absolute atomic E-state index is 0.0486. The molecule has 7 heteroatoms. The Hall–Kier alpha value is -2.38. The number of hydrogen-bond acceptors (Lipinski definition) is 5. The van der Waals surface area contributed by atoms with Crippen molar-refractivity contribution in [2.24, 2.45) is 0 Å². The number of benzene rings is 2. The topological polar surface area (TPSA) is 75.5 Å². The smallest absolute Gasteiger partial charge is 0.284 e. The molecule has 0 radical (unpaired) electrons. The van der Waals surface area contributed by atoms with E-state index >= 15 is 0 Å². The fraction of sp³-hybridized carbons (Fsp3) is 0.350. The molecule has 2 aromatic carbocycles. The lowest BCUT2D eigenvalue weighted by molar-refractivity contribution is -0.387. The van der Waals surface area contributed by atoms with Gasteiger partial charge in [0.15, 0.2) is 0 Å². The molecule has 1 heterocycles. The Morgan fingerprint density at radius 1 is 1.30 bits per heavy atom. The number of hydrogen-bond donors (Lipinski definition) is 1. The largest absolute Gasteiger partial charge is 0.350 e. The Morgan fingerprint density at radius 3 is 2.78 bits per heavy atom. The Labute approximate surface area is 163 Å². The number of rotatable bonds is 7. The number of carbonyl (C=O) groups excluding carboxylic acids is 1. The van der Waals surface area contributed by atoms with Gasteiger partial charge in [0.2, 0.25) is 0 Å². The third-order valence-corrected chi connectivity index (χ3v) is 5.87. The van der Waals surface area contributed by atoms with Crippen LogP contribution in [-0.4, -0.2) is 41.4 Å². The fourth-order valence-corrected chi connectivity index (χ4v) is 4.28. The summed E-state index contributed by atoms with van der Waals surface area (Å²) in [5, 5.41) is 14.4. The van der Waals surface area contributed by atoms with E-state index in [1.807, 2.05) is 30.3 Å². The molecule has 142 valence electrons. The highest BCUT2D eigenvalue weighted by atomic mass is 32.2. The number of amides is 1. The lowest BCUT2D eigenvalue weighted by Crippen LogP contribution is -2.40. The summed E-state index contributed by atoms with van der Waals surface area (Å²) in [6.45, 7) is 4.72. The van der Waals surface area contributed by atoms with E-state index in [9.17, 15) is 14.9 Å². The number of likely N-dealkylation sites (N-methyl/N-ethyl adjacent to an activating group) is 1. The van der Waals surface area contributed by atoms with E-state index in [0.717, 1.165) is 30.8 Å². The molecule has 0 spiro atoms. The van der Waals surface area contributed by atoms with Crippen LogP contribution in [0.25, 0.3) is 0 Å². The number of nitrogens with zero attached hydrogens (tertiary/aromatic N) is 2. The third kappa shape index (κ3) is 4.87. The van der Waals surface area contributed by atoms with E-state index in [1.165, 1.54) is 17.8 Å². The standard InChI is InChI=1S/C20H23N3O3S/c1-2-22-12-6-7-16(22)14-21-20(24)15-10-11-19(18(13-15)23(25)26)27-17-8-4-3-5-9-17/h3-5,8-11,13,16H,2,6-7,12,14H2,1H3,(H,21,24). The summed E-state index contributed by atoms with van der Waals surface area (Å²) in [5.41, 5.74) is 0.271. The zero-order chi connectivity index (χ0) is 19.2. The van der Waals surface area contributed by atoms with Crippen LogP contribution in [0, 0.1) is 10.1 Å². The van der Waals surface area contributed by atoms with Crippen LogP contribution in [0.4, 0.5) is 5.69 Å². The first kappa shape index (κ1) is 19.4. The van der Waals surface area contributed by atoms with Crippen LogP contribution in [0.2, 0.25) is 0 Å². The molecule has 1 fully saturated rings. The number of carbonyl (C=O) groups is 1. The zero-order valence-corrected chi connectivity index (χ0v) is 16.1. The molecule has 0 saturated carbocycles. The van der Waals surface area contributed by atoms with Crippen molar-refractivity contribution in [2.75, 3.05) is 19.6 Å². The van der Waals surface area contributed by atoms with Crippen molar-refractivity contribution >= 4 is 23.4 Å². The van der Waals surface area contributed by atoms with E-state index in [-0.39, 0.29) is 11.6 Å². The van der Waals surface area contributed by atoms with Gasteiger partial charge in [-0.05, 0) is 50.2 Å². The molecular weight excluding hydrogens is 362 g/mol. The molecular formula is C20H23N3O3S. The Balaban J connectivity index is 1.71. The quantitative estimate of drug-likeness (QED) is 0.577. The molecule has 1 amide bonds. The molecule has 6 nitrogen and oxygen atoms in total. The van der Waals surface area contributed by atoms with Crippen LogP contribution in [0.1, 0.15) is 30.1 Å². The third-order valence-electron chi connectivity index (χ3n) is 4.79. The summed E-state index contributed by atoms with van der Waals surface area (Å²) in [6, 6.07) is 14.5. The first-order valence-electron chi connectivity index (χ1n) is 9.12. The first-order chi connectivity index (χ1) is 13.1. The van der Waals surface area contributed by atoms with E-state index in [4.69, 9.17) is 0 Å². The summed E-state index contributed by atoms with van der Waals surface area (Å²) >= 11 is 1.32. The predicted octanol–water partition coefficient (Wildman–Crippen LogP) is 3.96. The summed E-state index contributed by atoms with van der Waals surface area (Å²) in [6.07, 6.45) is 2.21. The second-order valence-electron chi connectivity index (χ2n) is 6.49. The number of nitro groups is 1. The van der Waals surface area contributed by atoms with Crippen LogP contribution in [-0.2, 0) is 0 Å². The molecule has 0 aliphatic carbocycles. The minimum Gasteiger partial charge on any atom is -0.350 e. The number of nitrogens with one attached hydrogen (secondary N) is 1. The normalized spacial score (nSPS) is 17.0. The van der Waals surface area contributed by atoms with Gasteiger partial charge >= 0.3 is 0 Å². The predicted molar refractivity (Wildman–Crippen MR) is 106 cm³/mol. The average Bonchev–Trinajstić information content (AvgIpc) is 3.14. The van der Waals surface area contributed by atoms with Crippen molar-refractivity contribution in [1.82, 2.24) is 10.2 Å². The molecule has 1 unspecified atom stereocenters. The number of likely N-dealkylation sites (tertiary alicyclic amines) is 1. The molecule has 2 aromatic rings. The van der Waals surface area contributed by atoms with E-state index in [2.05, 4.69) is 17.1 Å². The van der Waals surface area contributed by atoms with Gasteiger partial charge in [-0.15, -0.1) is 0 Å². The van der Waals surface area contributed by atoms with Crippen molar-refractivity contribution in [3.05, 3.63) is 64.2 Å². The van der Waals surface area contributed by atoms with Crippen LogP contribution in [0.15, 0.2) is 58.3 Å². The second-order valence-corrected chi connectivity index (χ2v) is 7.60. The minimum atomic E-state index is -0.433. The van der Waals surface area contributed by atoms with Gasteiger partial charge in [-0.25, -0.2) is 0 Å². The van der Waals surface area contributed by atoms with Gasteiger partial charge < -0.3 is 5.32 Å². The van der Waals surface area contributed by atoms with E-state index in [1.54, 1.807) is 12.1 Å². The molecule has 1 N–H and O–H groups in total. The monoisotopic (exact) mass is 385 g/mol. The van der Waals surface area contributed by atoms with Gasteiger partial charge in [-0.3, -0.25) is 19.8 Å². The Bertz CT molecular complexity index is 813. The van der Waals surface area contributed by atoms with Gasteiger partial charge in [-0.2, -0.15) is 0 Å². The maximum Gasteiger partial charge on any atom is 0.284 e. The fourth-order valence-electron chi connectivity index (χ4n) is 3.36. The van der Waals surface area contributed by atoms with Gasteiger partial charge in [0.1, 0.15) is 0 Å². The highest BCUT2D eigenvalue weighted by molar-refractivity contribution is 7.99. The molecule has 1 aliphatic rings. The molecule has 1 saturated heterocycles. The van der Waals surface area contributed by atoms with Gasteiger partial charge in [0.25, 0.3) is 11.6 Å². The van der Waals surface area contributed by atoms with Gasteiger partial charge in [0.05, 0.1) is 9.82 Å². The van der Waals surface area contributed by atoms with Crippen molar-refractivity contribution in [3.63, 3.8) is 0 Å². The van der Waals surface area contributed by atoms with Crippen molar-refractivity contribution < 1.29 is 9.72 Å². The highest BCUT2D eigenvalue weighted by Gasteiger charge is 2.24. The molecule has 0 bridgehead atoms. The first-order valence-corrected chi connectivity index (χ1v) is 9.93. The zero-order valence-electron chi connectivity index (χ0n) is 15.3. The Morgan fingerprint density at radius 2 is 2.07 bits per heavy atom. The van der Waals surface area contributed by atoms with E-state index in [0.29, 0.717) is 23.0 Å². The van der Waals surface area contributed by atoms with Crippen molar-refractivity contribution in [2.45, 2.75) is 35.6 Å². The molecule has 1 aliphatic heterocycles. The summed E-state index contributed by atoms with van der Waals surface area (Å²) in [5.74, 6) is -0.266. The molecule has 0 aromatic heterocycles. The lowest BCUT2D eigenvalue weighted by atomic mass is 10.1. The number of nitro benzene ring substituents is 1. The van der Waals surface area contributed by atoms with Crippen LogP contribution < -0.4 is 5.32 Å².